The summed E-state index contributed by atoms with van der Waals surface area (Å²) in [6, 6.07) is 7.20. The molecule has 1 rings (SSSR count). The van der Waals surface area contributed by atoms with E-state index >= 15 is 0 Å². The first-order valence-electron chi connectivity index (χ1n) is 7.16. The summed E-state index contributed by atoms with van der Waals surface area (Å²) in [5.41, 5.74) is 0.436. The molecule has 0 saturated carbocycles. The normalized spacial score (nSPS) is 9.59. The monoisotopic (exact) mass is 307 g/mol. The first kappa shape index (κ1) is 17.6. The zero-order valence-corrected chi connectivity index (χ0v) is 13.0. The van der Waals surface area contributed by atoms with Crippen LogP contribution in [0.1, 0.15) is 20.8 Å². The lowest BCUT2D eigenvalue weighted by molar-refractivity contribution is -0.146. The van der Waals surface area contributed by atoms with Crippen molar-refractivity contribution in [2.24, 2.45) is 0 Å². The van der Waals surface area contributed by atoms with Crippen LogP contribution in [0.3, 0.4) is 0 Å². The standard InChI is InChI=1S/C16H21NO5/c1-4-20-14-10-8-7-9-13(14)17-11-12(15(18)21-5-2)16(19)22-6-3/h7-11,17H,4-6H2,1-3H3. The second-order valence-electron chi connectivity index (χ2n) is 4.07. The van der Waals surface area contributed by atoms with Gasteiger partial charge in [-0.1, -0.05) is 12.1 Å². The molecule has 0 heterocycles. The van der Waals surface area contributed by atoms with Gasteiger partial charge in [0.05, 0.1) is 25.5 Å². The number of hydrogen-bond donors (Lipinski definition) is 1. The van der Waals surface area contributed by atoms with Crippen molar-refractivity contribution in [3.05, 3.63) is 36.0 Å². The first-order chi connectivity index (χ1) is 10.6. The average molecular weight is 307 g/mol. The number of carbonyl (C=O) groups is 2. The van der Waals surface area contributed by atoms with Gasteiger partial charge in [-0.25, -0.2) is 9.59 Å². The Bertz CT molecular complexity index is 519. The highest BCUT2D eigenvalue weighted by Gasteiger charge is 2.21. The van der Waals surface area contributed by atoms with Gasteiger partial charge in [0, 0.05) is 6.20 Å². The summed E-state index contributed by atoms with van der Waals surface area (Å²) in [7, 11) is 0. The fraction of sp³-hybridized carbons (Fsp3) is 0.375. The van der Waals surface area contributed by atoms with Crippen molar-refractivity contribution in [2.45, 2.75) is 20.8 Å². The molecule has 0 aliphatic carbocycles. The van der Waals surface area contributed by atoms with E-state index in [1.165, 1.54) is 6.20 Å². The van der Waals surface area contributed by atoms with Crippen LogP contribution in [0.15, 0.2) is 36.0 Å². The van der Waals surface area contributed by atoms with Gasteiger partial charge in [0.25, 0.3) is 0 Å². The summed E-state index contributed by atoms with van der Waals surface area (Å²) in [6.45, 7) is 6.05. The third-order valence-corrected chi connectivity index (χ3v) is 2.55. The van der Waals surface area contributed by atoms with E-state index in [-0.39, 0.29) is 18.8 Å². The highest BCUT2D eigenvalue weighted by molar-refractivity contribution is 6.14. The van der Waals surface area contributed by atoms with E-state index in [9.17, 15) is 9.59 Å². The largest absolute Gasteiger partial charge is 0.492 e. The Kier molecular flexibility index (Phi) is 7.53. The predicted octanol–water partition coefficient (Wildman–Crippen LogP) is 2.51. The minimum atomic E-state index is -0.734. The smallest absolute Gasteiger partial charge is 0.347 e. The van der Waals surface area contributed by atoms with Crippen LogP contribution in [0, 0.1) is 0 Å². The van der Waals surface area contributed by atoms with E-state index in [4.69, 9.17) is 14.2 Å². The Labute approximate surface area is 130 Å². The van der Waals surface area contributed by atoms with Crippen LogP contribution in [0.4, 0.5) is 5.69 Å². The van der Waals surface area contributed by atoms with Gasteiger partial charge in [-0.3, -0.25) is 0 Å². The Hall–Kier alpha value is -2.50. The lowest BCUT2D eigenvalue weighted by Gasteiger charge is -2.11. The van der Waals surface area contributed by atoms with Gasteiger partial charge in [-0.15, -0.1) is 0 Å². The van der Waals surface area contributed by atoms with Crippen molar-refractivity contribution in [1.82, 2.24) is 0 Å². The molecule has 0 unspecified atom stereocenters. The molecule has 0 aromatic heterocycles. The lowest BCUT2D eigenvalue weighted by Crippen LogP contribution is -2.19. The van der Waals surface area contributed by atoms with E-state index in [1.807, 2.05) is 19.1 Å². The summed E-state index contributed by atoms with van der Waals surface area (Å²) in [5.74, 6) is -0.849. The van der Waals surface area contributed by atoms with Crippen LogP contribution in [0.25, 0.3) is 0 Å². The molecule has 0 radical (unpaired) electrons. The molecule has 6 heteroatoms. The third-order valence-electron chi connectivity index (χ3n) is 2.55. The topological polar surface area (TPSA) is 73.9 Å². The molecule has 1 aromatic rings. The summed E-state index contributed by atoms with van der Waals surface area (Å²) >= 11 is 0. The molecule has 6 nitrogen and oxygen atoms in total. The summed E-state index contributed by atoms with van der Waals surface area (Å²) < 4.78 is 15.2. The van der Waals surface area contributed by atoms with E-state index < -0.39 is 11.9 Å². The Morgan fingerprint density at radius 3 is 2.14 bits per heavy atom. The highest BCUT2D eigenvalue weighted by Crippen LogP contribution is 2.24. The van der Waals surface area contributed by atoms with Crippen molar-refractivity contribution < 1.29 is 23.8 Å². The number of ether oxygens (including phenoxy) is 3. The first-order valence-corrected chi connectivity index (χ1v) is 7.16. The molecule has 1 aromatic carbocycles. The summed E-state index contributed by atoms with van der Waals surface area (Å²) in [5, 5.41) is 2.89. The maximum Gasteiger partial charge on any atom is 0.347 e. The van der Waals surface area contributed by atoms with E-state index in [0.717, 1.165) is 0 Å². The molecule has 0 aliphatic heterocycles. The van der Waals surface area contributed by atoms with Gasteiger partial charge in [-0.05, 0) is 32.9 Å². The molecule has 0 saturated heterocycles. The maximum atomic E-state index is 11.8. The van der Waals surface area contributed by atoms with Crippen molar-refractivity contribution >= 4 is 17.6 Å². The Balaban J connectivity index is 2.97. The number of nitrogens with one attached hydrogen (secondary N) is 1. The molecule has 0 fully saturated rings. The second kappa shape index (κ2) is 9.44. The molecule has 120 valence electrons. The van der Waals surface area contributed by atoms with E-state index in [2.05, 4.69) is 5.32 Å². The van der Waals surface area contributed by atoms with E-state index in [1.54, 1.807) is 26.0 Å². The maximum absolute atomic E-state index is 11.8. The van der Waals surface area contributed by atoms with Crippen molar-refractivity contribution in [2.75, 3.05) is 25.1 Å². The van der Waals surface area contributed by atoms with Crippen LogP contribution in [-0.4, -0.2) is 31.8 Å². The van der Waals surface area contributed by atoms with Crippen LogP contribution < -0.4 is 10.1 Å². The van der Waals surface area contributed by atoms with Crippen LogP contribution >= 0.6 is 0 Å². The Morgan fingerprint density at radius 1 is 1.00 bits per heavy atom. The molecule has 0 spiro atoms. The number of para-hydroxylation sites is 2. The van der Waals surface area contributed by atoms with E-state index in [0.29, 0.717) is 18.0 Å². The Morgan fingerprint density at radius 2 is 1.59 bits per heavy atom. The fourth-order valence-electron chi connectivity index (χ4n) is 1.64. The zero-order valence-electron chi connectivity index (χ0n) is 13.0. The highest BCUT2D eigenvalue weighted by atomic mass is 16.6. The lowest BCUT2D eigenvalue weighted by atomic mass is 10.2. The number of hydrogen-bond acceptors (Lipinski definition) is 6. The van der Waals surface area contributed by atoms with Crippen LogP contribution in [0.5, 0.6) is 5.75 Å². The molecule has 0 bridgehead atoms. The minimum Gasteiger partial charge on any atom is -0.492 e. The zero-order chi connectivity index (χ0) is 16.4. The molecular formula is C16H21NO5. The predicted molar refractivity (Wildman–Crippen MR) is 82.6 cm³/mol. The quantitative estimate of drug-likeness (QED) is 0.344. The second-order valence-corrected chi connectivity index (χ2v) is 4.07. The summed E-state index contributed by atoms with van der Waals surface area (Å²) in [6.07, 6.45) is 1.27. The molecule has 0 aliphatic rings. The van der Waals surface area contributed by atoms with Gasteiger partial charge in [0.2, 0.25) is 0 Å². The third kappa shape index (κ3) is 5.12. The molecule has 1 N–H and O–H groups in total. The number of benzene rings is 1. The van der Waals surface area contributed by atoms with Gasteiger partial charge < -0.3 is 19.5 Å². The number of carbonyl (C=O) groups excluding carboxylic acids is 2. The van der Waals surface area contributed by atoms with Gasteiger partial charge >= 0.3 is 11.9 Å². The minimum absolute atomic E-state index is 0.172. The molecule has 22 heavy (non-hydrogen) atoms. The van der Waals surface area contributed by atoms with Crippen molar-refractivity contribution in [3.63, 3.8) is 0 Å². The molecule has 0 amide bonds. The van der Waals surface area contributed by atoms with Crippen LogP contribution in [0.2, 0.25) is 0 Å². The average Bonchev–Trinajstić information content (AvgIpc) is 2.50. The number of esters is 2. The van der Waals surface area contributed by atoms with Gasteiger partial charge in [-0.2, -0.15) is 0 Å². The van der Waals surface area contributed by atoms with Gasteiger partial charge in [0.15, 0.2) is 5.57 Å². The molecular weight excluding hydrogens is 286 g/mol. The fourth-order valence-corrected chi connectivity index (χ4v) is 1.64. The van der Waals surface area contributed by atoms with Crippen molar-refractivity contribution in [3.8, 4) is 5.75 Å². The van der Waals surface area contributed by atoms with Crippen molar-refractivity contribution in [1.29, 1.82) is 0 Å². The number of anilines is 1. The SMILES string of the molecule is CCOC(=O)C(=CNc1ccccc1OCC)C(=O)OCC. The van der Waals surface area contributed by atoms with Gasteiger partial charge in [0.1, 0.15) is 5.75 Å². The van der Waals surface area contributed by atoms with Crippen LogP contribution in [-0.2, 0) is 19.1 Å². The molecule has 0 atom stereocenters. The number of rotatable bonds is 8. The summed E-state index contributed by atoms with van der Waals surface area (Å²) in [4.78, 5) is 23.7.